The first-order valence-corrected chi connectivity index (χ1v) is 6.36. The molecule has 1 atom stereocenters. The van der Waals surface area contributed by atoms with Gasteiger partial charge in [0.05, 0.1) is 19.8 Å². The topological polar surface area (TPSA) is 73.9 Å². The molecule has 0 aliphatic carbocycles. The summed E-state index contributed by atoms with van der Waals surface area (Å²) < 4.78 is 15.0. The predicted molar refractivity (Wildman–Crippen MR) is 69.7 cm³/mol. The molecule has 0 radical (unpaired) electrons. The maximum atomic E-state index is 11.5. The van der Waals surface area contributed by atoms with Gasteiger partial charge in [-0.15, -0.1) is 0 Å². The van der Waals surface area contributed by atoms with E-state index in [1.807, 2.05) is 0 Å². The van der Waals surface area contributed by atoms with Crippen molar-refractivity contribution in [1.29, 1.82) is 0 Å². The molecule has 106 valence electrons. The SMILES string of the molecule is COCCOCCCOC(=O)[C@H](CS)NC(C)=O. The molecule has 1 N–H and O–H groups in total. The lowest BCUT2D eigenvalue weighted by molar-refractivity contribution is -0.147. The quantitative estimate of drug-likeness (QED) is 0.335. The Morgan fingerprint density at radius 3 is 2.50 bits per heavy atom. The zero-order valence-electron chi connectivity index (χ0n) is 10.8. The van der Waals surface area contributed by atoms with E-state index in [0.717, 1.165) is 0 Å². The van der Waals surface area contributed by atoms with Gasteiger partial charge in [-0.3, -0.25) is 4.79 Å². The minimum absolute atomic E-state index is 0.211. The third-order valence-corrected chi connectivity index (χ3v) is 2.32. The highest BCUT2D eigenvalue weighted by Gasteiger charge is 2.18. The molecule has 18 heavy (non-hydrogen) atoms. The van der Waals surface area contributed by atoms with E-state index < -0.39 is 12.0 Å². The van der Waals surface area contributed by atoms with Crippen LogP contribution in [0, 0.1) is 0 Å². The van der Waals surface area contributed by atoms with Crippen molar-refractivity contribution in [3.8, 4) is 0 Å². The molecule has 0 aromatic carbocycles. The molecule has 0 heterocycles. The Morgan fingerprint density at radius 2 is 1.94 bits per heavy atom. The summed E-state index contributed by atoms with van der Waals surface area (Å²) in [6.07, 6.45) is 0.606. The summed E-state index contributed by atoms with van der Waals surface area (Å²) in [6.45, 7) is 3.17. The predicted octanol–water partition coefficient (Wildman–Crippen LogP) is 0.0172. The lowest BCUT2D eigenvalue weighted by atomic mass is 10.3. The van der Waals surface area contributed by atoms with Gasteiger partial charge in [-0.05, 0) is 0 Å². The zero-order valence-corrected chi connectivity index (χ0v) is 11.7. The average Bonchev–Trinajstić information content (AvgIpc) is 2.34. The maximum absolute atomic E-state index is 11.5. The molecule has 0 saturated carbocycles. The molecule has 0 aromatic rings. The maximum Gasteiger partial charge on any atom is 0.329 e. The van der Waals surface area contributed by atoms with Crippen LogP contribution in [-0.2, 0) is 23.8 Å². The van der Waals surface area contributed by atoms with Gasteiger partial charge in [0.2, 0.25) is 5.91 Å². The Morgan fingerprint density at radius 1 is 1.22 bits per heavy atom. The highest BCUT2D eigenvalue weighted by atomic mass is 32.1. The molecule has 0 bridgehead atoms. The molecular formula is C11H21NO5S. The first kappa shape index (κ1) is 17.2. The summed E-state index contributed by atoms with van der Waals surface area (Å²) in [5.74, 6) is -0.547. The largest absolute Gasteiger partial charge is 0.464 e. The number of rotatable bonds is 10. The highest BCUT2D eigenvalue weighted by molar-refractivity contribution is 7.80. The number of carbonyl (C=O) groups is 2. The van der Waals surface area contributed by atoms with Crippen LogP contribution in [0.2, 0.25) is 0 Å². The first-order valence-electron chi connectivity index (χ1n) is 5.73. The molecule has 0 aromatic heterocycles. The van der Waals surface area contributed by atoms with E-state index in [9.17, 15) is 9.59 Å². The van der Waals surface area contributed by atoms with Crippen molar-refractivity contribution in [3.05, 3.63) is 0 Å². The van der Waals surface area contributed by atoms with Gasteiger partial charge >= 0.3 is 5.97 Å². The summed E-state index contributed by atoms with van der Waals surface area (Å²) in [5, 5.41) is 2.46. The molecule has 0 spiro atoms. The Bertz CT molecular complexity index is 250. The van der Waals surface area contributed by atoms with E-state index in [4.69, 9.17) is 14.2 Å². The Balaban J connectivity index is 3.59. The molecule has 0 fully saturated rings. The number of methoxy groups -OCH3 is 1. The molecule has 0 rings (SSSR count). The number of amides is 1. The summed E-state index contributed by atoms with van der Waals surface area (Å²) >= 11 is 3.98. The van der Waals surface area contributed by atoms with Crippen LogP contribution in [0.1, 0.15) is 13.3 Å². The third-order valence-electron chi connectivity index (χ3n) is 1.95. The van der Waals surface area contributed by atoms with Crippen LogP contribution in [0.25, 0.3) is 0 Å². The van der Waals surface area contributed by atoms with Crippen molar-refractivity contribution in [2.45, 2.75) is 19.4 Å². The number of carbonyl (C=O) groups excluding carboxylic acids is 2. The molecule has 0 unspecified atom stereocenters. The smallest absolute Gasteiger partial charge is 0.329 e. The van der Waals surface area contributed by atoms with E-state index in [-0.39, 0.29) is 18.3 Å². The van der Waals surface area contributed by atoms with E-state index >= 15 is 0 Å². The summed E-state index contributed by atoms with van der Waals surface area (Å²) in [4.78, 5) is 22.3. The Kier molecular flexibility index (Phi) is 10.8. The highest BCUT2D eigenvalue weighted by Crippen LogP contribution is 1.95. The summed E-state index contributed by atoms with van der Waals surface area (Å²) in [5.41, 5.74) is 0. The molecule has 0 saturated heterocycles. The minimum atomic E-state index is -0.694. The van der Waals surface area contributed by atoms with Crippen molar-refractivity contribution in [3.63, 3.8) is 0 Å². The average molecular weight is 279 g/mol. The van der Waals surface area contributed by atoms with Crippen LogP contribution in [0.3, 0.4) is 0 Å². The molecule has 1 amide bonds. The number of ether oxygens (including phenoxy) is 3. The summed E-state index contributed by atoms with van der Waals surface area (Å²) in [7, 11) is 1.60. The monoisotopic (exact) mass is 279 g/mol. The van der Waals surface area contributed by atoms with Crippen LogP contribution < -0.4 is 5.32 Å². The van der Waals surface area contributed by atoms with Gasteiger partial charge < -0.3 is 19.5 Å². The van der Waals surface area contributed by atoms with Crippen molar-refractivity contribution in [2.24, 2.45) is 0 Å². The van der Waals surface area contributed by atoms with E-state index in [1.54, 1.807) is 7.11 Å². The van der Waals surface area contributed by atoms with Crippen molar-refractivity contribution in [2.75, 3.05) is 39.3 Å². The number of thiol groups is 1. The number of nitrogens with one attached hydrogen (secondary N) is 1. The molecule has 6 nitrogen and oxygen atoms in total. The Labute approximate surface area is 113 Å². The standard InChI is InChI=1S/C11H21NO5S/c1-9(13)12-10(8-18)11(14)17-5-3-4-16-7-6-15-2/h10,18H,3-8H2,1-2H3,(H,12,13)/t10-/m0/s1. The second-order valence-corrected chi connectivity index (χ2v) is 3.93. The first-order chi connectivity index (χ1) is 8.61. The van der Waals surface area contributed by atoms with Crippen LogP contribution in [0.4, 0.5) is 0 Å². The lowest BCUT2D eigenvalue weighted by Gasteiger charge is -2.14. The van der Waals surface area contributed by atoms with Crippen molar-refractivity contribution in [1.82, 2.24) is 5.32 Å². The van der Waals surface area contributed by atoms with Gasteiger partial charge in [-0.25, -0.2) is 4.79 Å². The van der Waals surface area contributed by atoms with E-state index in [2.05, 4.69) is 17.9 Å². The van der Waals surface area contributed by atoms with E-state index in [1.165, 1.54) is 6.92 Å². The normalized spacial score (nSPS) is 11.9. The van der Waals surface area contributed by atoms with Crippen LogP contribution >= 0.6 is 12.6 Å². The molecule has 0 aliphatic rings. The van der Waals surface area contributed by atoms with Gasteiger partial charge in [0.25, 0.3) is 0 Å². The summed E-state index contributed by atoms with van der Waals surface area (Å²) in [6, 6.07) is -0.694. The molecule has 7 heteroatoms. The molecular weight excluding hydrogens is 258 g/mol. The number of hydrogen-bond donors (Lipinski definition) is 2. The fourth-order valence-corrected chi connectivity index (χ4v) is 1.34. The van der Waals surface area contributed by atoms with E-state index in [0.29, 0.717) is 26.2 Å². The van der Waals surface area contributed by atoms with Crippen LogP contribution in [-0.4, -0.2) is 57.2 Å². The van der Waals surface area contributed by atoms with Gasteiger partial charge in [0.15, 0.2) is 0 Å². The fraction of sp³-hybridized carbons (Fsp3) is 0.818. The van der Waals surface area contributed by atoms with Gasteiger partial charge in [-0.2, -0.15) is 12.6 Å². The third kappa shape index (κ3) is 9.26. The Hall–Kier alpha value is -0.790. The van der Waals surface area contributed by atoms with Crippen LogP contribution in [0.5, 0.6) is 0 Å². The van der Waals surface area contributed by atoms with Crippen LogP contribution in [0.15, 0.2) is 0 Å². The van der Waals surface area contributed by atoms with Crippen molar-refractivity contribution >= 4 is 24.5 Å². The van der Waals surface area contributed by atoms with Gasteiger partial charge in [0, 0.05) is 32.8 Å². The van der Waals surface area contributed by atoms with Gasteiger partial charge in [0.1, 0.15) is 6.04 Å². The minimum Gasteiger partial charge on any atom is -0.464 e. The second kappa shape index (κ2) is 11.3. The number of esters is 1. The van der Waals surface area contributed by atoms with Gasteiger partial charge in [-0.1, -0.05) is 0 Å². The zero-order chi connectivity index (χ0) is 13.8. The number of hydrogen-bond acceptors (Lipinski definition) is 6. The van der Waals surface area contributed by atoms with Crippen molar-refractivity contribution < 1.29 is 23.8 Å². The lowest BCUT2D eigenvalue weighted by Crippen LogP contribution is -2.42. The fourth-order valence-electron chi connectivity index (χ4n) is 1.10. The second-order valence-electron chi connectivity index (χ2n) is 3.56. The molecule has 0 aliphatic heterocycles.